The van der Waals surface area contributed by atoms with Crippen molar-refractivity contribution in [1.82, 2.24) is 19.5 Å². The molecule has 1 saturated heterocycles. The Hall–Kier alpha value is -2.27. The summed E-state index contributed by atoms with van der Waals surface area (Å²) in [5.41, 5.74) is 7.77. The van der Waals surface area contributed by atoms with Crippen LogP contribution in [-0.4, -0.2) is 66.3 Å². The van der Waals surface area contributed by atoms with Gasteiger partial charge >= 0.3 is 0 Å². The number of aromatic nitrogens is 4. The van der Waals surface area contributed by atoms with Crippen LogP contribution in [0, 0.1) is 0 Å². The summed E-state index contributed by atoms with van der Waals surface area (Å²) in [5.74, 6) is 0.506. The first-order valence-corrected chi connectivity index (χ1v) is 7.92. The molecule has 0 aromatic carbocycles. The second kappa shape index (κ2) is 6.92. The molecule has 10 nitrogen and oxygen atoms in total. The predicted molar refractivity (Wildman–Crippen MR) is 90.7 cm³/mol. The van der Waals surface area contributed by atoms with Gasteiger partial charge in [0.05, 0.1) is 12.9 Å². The lowest BCUT2D eigenvalue weighted by atomic mass is 10.1. The predicted octanol–water partition coefficient (Wildman–Crippen LogP) is -0.602. The summed E-state index contributed by atoms with van der Waals surface area (Å²) in [7, 11) is 0. The van der Waals surface area contributed by atoms with Crippen molar-refractivity contribution in [2.24, 2.45) is 0 Å². The SMILES string of the molecule is CC(C)=CCNc1nc(N)nc2c1ncn2[C@@H]1O[C@H](CO)C(O)[C@@H]1O. The number of imidazole rings is 1. The number of allylic oxidation sites excluding steroid dienone is 1. The molecule has 10 heteroatoms. The number of nitrogens with zero attached hydrogens (tertiary/aromatic N) is 4. The maximum Gasteiger partial charge on any atom is 0.224 e. The Morgan fingerprint density at radius 1 is 1.36 bits per heavy atom. The van der Waals surface area contributed by atoms with Crippen molar-refractivity contribution in [2.45, 2.75) is 38.4 Å². The van der Waals surface area contributed by atoms with Crippen molar-refractivity contribution in [3.05, 3.63) is 18.0 Å². The molecule has 25 heavy (non-hydrogen) atoms. The van der Waals surface area contributed by atoms with Gasteiger partial charge in [-0.3, -0.25) is 4.57 Å². The van der Waals surface area contributed by atoms with Crippen LogP contribution in [0.25, 0.3) is 11.2 Å². The Balaban J connectivity index is 1.96. The van der Waals surface area contributed by atoms with Gasteiger partial charge < -0.3 is 31.1 Å². The molecule has 0 radical (unpaired) electrons. The molecule has 1 aliphatic heterocycles. The van der Waals surface area contributed by atoms with Crippen LogP contribution < -0.4 is 11.1 Å². The number of nitrogens with one attached hydrogen (secondary N) is 1. The fourth-order valence-electron chi connectivity index (χ4n) is 2.70. The van der Waals surface area contributed by atoms with Gasteiger partial charge in [0.2, 0.25) is 5.95 Å². The Bertz CT molecular complexity index is 788. The van der Waals surface area contributed by atoms with E-state index in [1.807, 2.05) is 19.9 Å². The zero-order valence-corrected chi connectivity index (χ0v) is 14.0. The van der Waals surface area contributed by atoms with E-state index in [2.05, 4.69) is 20.3 Å². The average Bonchev–Trinajstić information content (AvgIpc) is 3.09. The van der Waals surface area contributed by atoms with E-state index in [0.717, 1.165) is 5.57 Å². The molecule has 0 aliphatic carbocycles. The molecule has 1 fully saturated rings. The van der Waals surface area contributed by atoms with Crippen LogP contribution in [0.3, 0.4) is 0 Å². The van der Waals surface area contributed by atoms with Crippen LogP contribution in [-0.2, 0) is 4.74 Å². The summed E-state index contributed by atoms with van der Waals surface area (Å²) >= 11 is 0. The number of ether oxygens (including phenoxy) is 1. The maximum atomic E-state index is 10.2. The number of nitrogen functional groups attached to an aromatic ring is 1. The van der Waals surface area contributed by atoms with Gasteiger partial charge in [-0.1, -0.05) is 11.6 Å². The molecule has 0 amide bonds. The zero-order chi connectivity index (χ0) is 18.1. The average molecular weight is 350 g/mol. The van der Waals surface area contributed by atoms with Gasteiger partial charge in [-0.25, -0.2) is 4.98 Å². The highest BCUT2D eigenvalue weighted by Gasteiger charge is 2.44. The van der Waals surface area contributed by atoms with Crippen LogP contribution >= 0.6 is 0 Å². The molecule has 1 aliphatic rings. The van der Waals surface area contributed by atoms with Gasteiger partial charge in [-0.15, -0.1) is 0 Å². The Kier molecular flexibility index (Phi) is 4.86. The monoisotopic (exact) mass is 350 g/mol. The molecule has 3 rings (SSSR count). The van der Waals surface area contributed by atoms with Gasteiger partial charge in [0, 0.05) is 6.54 Å². The van der Waals surface area contributed by atoms with E-state index >= 15 is 0 Å². The highest BCUT2D eigenvalue weighted by Crippen LogP contribution is 2.32. The normalized spacial score (nSPS) is 26.1. The van der Waals surface area contributed by atoms with E-state index in [4.69, 9.17) is 10.5 Å². The molecule has 6 N–H and O–H groups in total. The third-order valence-corrected chi connectivity index (χ3v) is 4.01. The lowest BCUT2D eigenvalue weighted by Crippen LogP contribution is -2.33. The summed E-state index contributed by atoms with van der Waals surface area (Å²) in [6, 6.07) is 0. The smallest absolute Gasteiger partial charge is 0.224 e. The van der Waals surface area contributed by atoms with Crippen LogP contribution in [0.5, 0.6) is 0 Å². The first kappa shape index (κ1) is 17.5. The number of aliphatic hydroxyl groups is 3. The molecule has 0 spiro atoms. The van der Waals surface area contributed by atoms with E-state index in [0.29, 0.717) is 23.5 Å². The summed E-state index contributed by atoms with van der Waals surface area (Å²) in [4.78, 5) is 12.6. The fourth-order valence-corrected chi connectivity index (χ4v) is 2.70. The Morgan fingerprint density at radius 3 is 2.76 bits per heavy atom. The van der Waals surface area contributed by atoms with E-state index < -0.39 is 31.1 Å². The van der Waals surface area contributed by atoms with Gasteiger partial charge in [-0.05, 0) is 13.8 Å². The Labute approximate surface area is 144 Å². The quantitative estimate of drug-likeness (QED) is 0.445. The second-order valence-corrected chi connectivity index (χ2v) is 6.15. The van der Waals surface area contributed by atoms with Gasteiger partial charge in [0.25, 0.3) is 0 Å². The lowest BCUT2D eigenvalue weighted by molar-refractivity contribution is -0.0511. The minimum atomic E-state index is -1.23. The molecule has 0 bridgehead atoms. The van der Waals surface area contributed by atoms with Gasteiger partial charge in [0.1, 0.15) is 18.3 Å². The molecular weight excluding hydrogens is 328 g/mol. The molecule has 2 aromatic heterocycles. The first-order valence-electron chi connectivity index (χ1n) is 7.92. The fraction of sp³-hybridized carbons (Fsp3) is 0.533. The highest BCUT2D eigenvalue weighted by molar-refractivity contribution is 5.84. The number of aliphatic hydroxyl groups excluding tert-OH is 3. The molecule has 0 saturated carbocycles. The third kappa shape index (κ3) is 3.29. The van der Waals surface area contributed by atoms with Crippen LogP contribution in [0.1, 0.15) is 20.1 Å². The van der Waals surface area contributed by atoms with Crippen molar-refractivity contribution >= 4 is 22.9 Å². The zero-order valence-electron chi connectivity index (χ0n) is 14.0. The van der Waals surface area contributed by atoms with Crippen LogP contribution in [0.15, 0.2) is 18.0 Å². The molecular formula is C15H22N6O4. The molecule has 3 heterocycles. The summed E-state index contributed by atoms with van der Waals surface area (Å²) < 4.78 is 7.00. The largest absolute Gasteiger partial charge is 0.394 e. The van der Waals surface area contributed by atoms with Gasteiger partial charge in [-0.2, -0.15) is 9.97 Å². The van der Waals surface area contributed by atoms with Gasteiger partial charge in [0.15, 0.2) is 23.2 Å². The number of nitrogens with two attached hydrogens (primary N) is 1. The minimum Gasteiger partial charge on any atom is -0.394 e. The van der Waals surface area contributed by atoms with E-state index in [-0.39, 0.29) is 5.95 Å². The number of rotatable bonds is 5. The number of fused-ring (bicyclic) bond motifs is 1. The minimum absolute atomic E-state index is 0.0423. The molecule has 4 atom stereocenters. The van der Waals surface area contributed by atoms with Crippen LogP contribution in [0.4, 0.5) is 11.8 Å². The number of hydrogen-bond acceptors (Lipinski definition) is 9. The Morgan fingerprint density at radius 2 is 2.12 bits per heavy atom. The lowest BCUT2D eigenvalue weighted by Gasteiger charge is -2.16. The van der Waals surface area contributed by atoms with Crippen LogP contribution in [0.2, 0.25) is 0 Å². The molecule has 136 valence electrons. The van der Waals surface area contributed by atoms with E-state index in [9.17, 15) is 15.3 Å². The van der Waals surface area contributed by atoms with Crippen molar-refractivity contribution < 1.29 is 20.1 Å². The topological polar surface area (TPSA) is 152 Å². The van der Waals surface area contributed by atoms with E-state index in [1.54, 1.807) is 0 Å². The summed E-state index contributed by atoms with van der Waals surface area (Å²) in [6.07, 6.45) is -0.822. The molecule has 1 unspecified atom stereocenters. The number of anilines is 2. The highest BCUT2D eigenvalue weighted by atomic mass is 16.6. The third-order valence-electron chi connectivity index (χ3n) is 4.01. The maximum absolute atomic E-state index is 10.2. The second-order valence-electron chi connectivity index (χ2n) is 6.15. The van der Waals surface area contributed by atoms with Crippen molar-refractivity contribution in [3.8, 4) is 0 Å². The van der Waals surface area contributed by atoms with Crippen molar-refractivity contribution in [1.29, 1.82) is 0 Å². The first-order chi connectivity index (χ1) is 11.9. The van der Waals surface area contributed by atoms with Crippen molar-refractivity contribution in [3.63, 3.8) is 0 Å². The summed E-state index contributed by atoms with van der Waals surface area (Å²) in [5, 5.41) is 32.5. The standard InChI is InChI=1S/C15H22N6O4/c1-7(2)3-4-17-12-9-13(20-15(16)19-12)21(6-18-9)14-11(24)10(23)8(5-22)25-14/h3,6,8,10-11,14,22-24H,4-5H2,1-2H3,(H3,16,17,19,20)/t8-,10?,11+,14-/m1/s1. The van der Waals surface area contributed by atoms with Crippen molar-refractivity contribution in [2.75, 3.05) is 24.2 Å². The van der Waals surface area contributed by atoms with E-state index in [1.165, 1.54) is 10.9 Å². The number of hydrogen-bond donors (Lipinski definition) is 5. The molecule has 2 aromatic rings. The summed E-state index contributed by atoms with van der Waals surface area (Å²) in [6.45, 7) is 4.12.